The van der Waals surface area contributed by atoms with Crippen molar-refractivity contribution in [2.75, 3.05) is 31.2 Å². The van der Waals surface area contributed by atoms with Gasteiger partial charge in [-0.1, -0.05) is 12.1 Å². The SMILES string of the molecule is Cc1ccc(CNCc2ccc(N3CCOCC3)cc2)s1. The fourth-order valence-corrected chi connectivity index (χ4v) is 3.42. The van der Waals surface area contributed by atoms with Crippen LogP contribution < -0.4 is 10.2 Å². The number of benzene rings is 1. The molecule has 1 aromatic heterocycles. The number of aryl methyl sites for hydroxylation is 1. The van der Waals surface area contributed by atoms with Crippen LogP contribution in [0, 0.1) is 6.92 Å². The zero-order valence-electron chi connectivity index (χ0n) is 12.5. The molecule has 3 nitrogen and oxygen atoms in total. The van der Waals surface area contributed by atoms with Gasteiger partial charge in [0.2, 0.25) is 0 Å². The van der Waals surface area contributed by atoms with Crippen LogP contribution in [0.5, 0.6) is 0 Å². The lowest BCUT2D eigenvalue weighted by atomic mass is 10.2. The van der Waals surface area contributed by atoms with Crippen LogP contribution in [-0.4, -0.2) is 26.3 Å². The summed E-state index contributed by atoms with van der Waals surface area (Å²) in [6.07, 6.45) is 0. The summed E-state index contributed by atoms with van der Waals surface area (Å²) in [4.78, 5) is 5.16. The Balaban J connectivity index is 1.49. The van der Waals surface area contributed by atoms with E-state index in [9.17, 15) is 0 Å². The van der Waals surface area contributed by atoms with E-state index in [1.807, 2.05) is 11.3 Å². The van der Waals surface area contributed by atoms with Gasteiger partial charge in [-0.05, 0) is 36.8 Å². The molecule has 1 aliphatic heterocycles. The Morgan fingerprint density at radius 1 is 1.05 bits per heavy atom. The van der Waals surface area contributed by atoms with Crippen molar-refractivity contribution in [1.82, 2.24) is 5.32 Å². The van der Waals surface area contributed by atoms with E-state index in [4.69, 9.17) is 4.74 Å². The maximum atomic E-state index is 5.39. The van der Waals surface area contributed by atoms with Gasteiger partial charge in [-0.2, -0.15) is 0 Å². The predicted octanol–water partition coefficient (Wildman–Crippen LogP) is 3.18. The van der Waals surface area contributed by atoms with Crippen LogP contribution in [0.1, 0.15) is 15.3 Å². The second-order valence-electron chi connectivity index (χ2n) is 5.38. The van der Waals surface area contributed by atoms with Gasteiger partial charge in [-0.3, -0.25) is 0 Å². The number of ether oxygens (including phenoxy) is 1. The molecule has 0 radical (unpaired) electrons. The molecule has 0 unspecified atom stereocenters. The van der Waals surface area contributed by atoms with Gasteiger partial charge in [0.25, 0.3) is 0 Å². The van der Waals surface area contributed by atoms with Gasteiger partial charge in [0, 0.05) is 41.6 Å². The first-order chi connectivity index (χ1) is 10.3. The van der Waals surface area contributed by atoms with Crippen molar-refractivity contribution in [3.05, 3.63) is 51.7 Å². The second kappa shape index (κ2) is 7.07. The molecule has 2 aromatic rings. The highest BCUT2D eigenvalue weighted by molar-refractivity contribution is 7.11. The molecule has 0 saturated carbocycles. The van der Waals surface area contributed by atoms with Crippen molar-refractivity contribution in [2.24, 2.45) is 0 Å². The van der Waals surface area contributed by atoms with Crippen molar-refractivity contribution >= 4 is 17.0 Å². The molecule has 1 saturated heterocycles. The van der Waals surface area contributed by atoms with Gasteiger partial charge >= 0.3 is 0 Å². The van der Waals surface area contributed by atoms with Crippen LogP contribution in [0.15, 0.2) is 36.4 Å². The summed E-state index contributed by atoms with van der Waals surface area (Å²) in [5, 5.41) is 3.51. The number of nitrogens with one attached hydrogen (secondary N) is 1. The van der Waals surface area contributed by atoms with Crippen molar-refractivity contribution in [3.8, 4) is 0 Å². The summed E-state index contributed by atoms with van der Waals surface area (Å²) in [5.74, 6) is 0. The Bertz CT molecular complexity index is 558. The van der Waals surface area contributed by atoms with E-state index >= 15 is 0 Å². The molecule has 3 rings (SSSR count). The number of hydrogen-bond acceptors (Lipinski definition) is 4. The molecule has 1 aromatic carbocycles. The van der Waals surface area contributed by atoms with Gasteiger partial charge in [0.1, 0.15) is 0 Å². The molecule has 21 heavy (non-hydrogen) atoms. The first kappa shape index (κ1) is 14.6. The lowest BCUT2D eigenvalue weighted by Gasteiger charge is -2.28. The fraction of sp³-hybridized carbons (Fsp3) is 0.412. The molecule has 1 N–H and O–H groups in total. The Morgan fingerprint density at radius 3 is 2.48 bits per heavy atom. The van der Waals surface area contributed by atoms with E-state index in [1.54, 1.807) is 0 Å². The molecular formula is C17H22N2OS. The summed E-state index contributed by atoms with van der Waals surface area (Å²) in [7, 11) is 0. The Labute approximate surface area is 130 Å². The lowest BCUT2D eigenvalue weighted by molar-refractivity contribution is 0.122. The van der Waals surface area contributed by atoms with Crippen LogP contribution >= 0.6 is 11.3 Å². The van der Waals surface area contributed by atoms with Crippen LogP contribution in [-0.2, 0) is 17.8 Å². The van der Waals surface area contributed by atoms with Crippen LogP contribution in [0.3, 0.4) is 0 Å². The average molecular weight is 302 g/mol. The Hall–Kier alpha value is -1.36. The van der Waals surface area contributed by atoms with Gasteiger partial charge in [-0.25, -0.2) is 0 Å². The predicted molar refractivity (Wildman–Crippen MR) is 89.1 cm³/mol. The maximum Gasteiger partial charge on any atom is 0.0642 e. The van der Waals surface area contributed by atoms with E-state index in [2.05, 4.69) is 53.5 Å². The molecule has 0 atom stereocenters. The molecule has 0 aliphatic carbocycles. The zero-order valence-corrected chi connectivity index (χ0v) is 13.3. The van der Waals surface area contributed by atoms with E-state index in [1.165, 1.54) is 21.0 Å². The lowest BCUT2D eigenvalue weighted by Crippen LogP contribution is -2.36. The maximum absolute atomic E-state index is 5.39. The summed E-state index contributed by atoms with van der Waals surface area (Å²) >= 11 is 1.86. The molecule has 112 valence electrons. The summed E-state index contributed by atoms with van der Waals surface area (Å²) in [6.45, 7) is 7.68. The zero-order chi connectivity index (χ0) is 14.5. The number of nitrogens with zero attached hydrogens (tertiary/aromatic N) is 1. The standard InChI is InChI=1S/C17H22N2OS/c1-14-2-7-17(21-14)13-18-12-15-3-5-16(6-4-15)19-8-10-20-11-9-19/h2-7,18H,8-13H2,1H3. The van der Waals surface area contributed by atoms with Crippen molar-refractivity contribution in [2.45, 2.75) is 20.0 Å². The highest BCUT2D eigenvalue weighted by Crippen LogP contribution is 2.17. The monoisotopic (exact) mass is 302 g/mol. The number of hydrogen-bond donors (Lipinski definition) is 1. The summed E-state index contributed by atoms with van der Waals surface area (Å²) in [6, 6.07) is 13.3. The van der Waals surface area contributed by atoms with Gasteiger partial charge in [0.15, 0.2) is 0 Å². The third kappa shape index (κ3) is 4.06. The number of morpholine rings is 1. The van der Waals surface area contributed by atoms with Gasteiger partial charge < -0.3 is 15.0 Å². The van der Waals surface area contributed by atoms with E-state index in [-0.39, 0.29) is 0 Å². The van der Waals surface area contributed by atoms with E-state index in [0.29, 0.717) is 0 Å². The molecule has 2 heterocycles. The Kier molecular flexibility index (Phi) is 4.91. The largest absolute Gasteiger partial charge is 0.378 e. The highest BCUT2D eigenvalue weighted by Gasteiger charge is 2.10. The average Bonchev–Trinajstić information content (AvgIpc) is 2.94. The molecule has 1 aliphatic rings. The van der Waals surface area contributed by atoms with E-state index < -0.39 is 0 Å². The third-order valence-corrected chi connectivity index (χ3v) is 4.74. The molecule has 4 heteroatoms. The van der Waals surface area contributed by atoms with E-state index in [0.717, 1.165) is 39.4 Å². The second-order valence-corrected chi connectivity index (χ2v) is 6.75. The van der Waals surface area contributed by atoms with Crippen molar-refractivity contribution in [3.63, 3.8) is 0 Å². The normalized spacial score (nSPS) is 15.4. The summed E-state index contributed by atoms with van der Waals surface area (Å²) in [5.41, 5.74) is 2.64. The van der Waals surface area contributed by atoms with Crippen molar-refractivity contribution in [1.29, 1.82) is 0 Å². The smallest absolute Gasteiger partial charge is 0.0642 e. The molecule has 0 bridgehead atoms. The Morgan fingerprint density at radius 2 is 1.81 bits per heavy atom. The molecule has 0 amide bonds. The van der Waals surface area contributed by atoms with Crippen molar-refractivity contribution < 1.29 is 4.74 Å². The van der Waals surface area contributed by atoms with Gasteiger partial charge in [0.05, 0.1) is 13.2 Å². The molecule has 1 fully saturated rings. The van der Waals surface area contributed by atoms with Crippen LogP contribution in [0.2, 0.25) is 0 Å². The topological polar surface area (TPSA) is 24.5 Å². The first-order valence-electron chi connectivity index (χ1n) is 7.49. The number of anilines is 1. The minimum atomic E-state index is 0.837. The van der Waals surface area contributed by atoms with Crippen LogP contribution in [0.25, 0.3) is 0 Å². The summed E-state index contributed by atoms with van der Waals surface area (Å²) < 4.78 is 5.39. The molecule has 0 spiro atoms. The van der Waals surface area contributed by atoms with Gasteiger partial charge in [-0.15, -0.1) is 11.3 Å². The number of rotatable bonds is 5. The molecular weight excluding hydrogens is 280 g/mol. The van der Waals surface area contributed by atoms with Crippen LogP contribution in [0.4, 0.5) is 5.69 Å². The minimum Gasteiger partial charge on any atom is -0.378 e. The highest BCUT2D eigenvalue weighted by atomic mass is 32.1. The first-order valence-corrected chi connectivity index (χ1v) is 8.30. The quantitative estimate of drug-likeness (QED) is 0.918. The third-order valence-electron chi connectivity index (χ3n) is 3.74. The number of thiophene rings is 1. The fourth-order valence-electron chi connectivity index (χ4n) is 2.56. The minimum absolute atomic E-state index is 0.837.